The van der Waals surface area contributed by atoms with Crippen LogP contribution in [0, 0.1) is 5.41 Å². The highest BCUT2D eigenvalue weighted by Gasteiger charge is 2.18. The summed E-state index contributed by atoms with van der Waals surface area (Å²) in [5.41, 5.74) is 1.56. The summed E-state index contributed by atoms with van der Waals surface area (Å²) in [5.74, 6) is 1.00. The molecule has 1 aliphatic heterocycles. The number of aromatic nitrogens is 2. The standard InChI is InChI=1S/C22H31N3O2/c1-22(2,3)15-21(26)18-16-23-25(17-18)19-7-9-20(10-8-19)27-14-6-13-24-11-4-5-12-24/h7-10,16-17H,4-6,11-15H2,1-3H3. The van der Waals surface area contributed by atoms with Gasteiger partial charge in [0.25, 0.3) is 0 Å². The van der Waals surface area contributed by atoms with E-state index in [0.29, 0.717) is 12.0 Å². The van der Waals surface area contributed by atoms with E-state index in [0.717, 1.165) is 31.0 Å². The van der Waals surface area contributed by atoms with E-state index in [2.05, 4.69) is 30.8 Å². The molecule has 1 aromatic carbocycles. The lowest BCUT2D eigenvalue weighted by molar-refractivity contribution is 0.0940. The number of carbonyl (C=O) groups is 1. The molecule has 0 bridgehead atoms. The van der Waals surface area contributed by atoms with Crippen molar-refractivity contribution in [1.29, 1.82) is 0 Å². The molecule has 27 heavy (non-hydrogen) atoms. The zero-order chi connectivity index (χ0) is 19.3. The van der Waals surface area contributed by atoms with Crippen LogP contribution in [0.3, 0.4) is 0 Å². The van der Waals surface area contributed by atoms with E-state index in [1.165, 1.54) is 25.9 Å². The van der Waals surface area contributed by atoms with Crippen LogP contribution in [0.2, 0.25) is 0 Å². The Labute approximate surface area is 162 Å². The van der Waals surface area contributed by atoms with Gasteiger partial charge in [-0.15, -0.1) is 0 Å². The second-order valence-corrected chi connectivity index (χ2v) is 8.58. The summed E-state index contributed by atoms with van der Waals surface area (Å²) < 4.78 is 7.59. The average molecular weight is 370 g/mol. The molecule has 0 radical (unpaired) electrons. The van der Waals surface area contributed by atoms with Crippen LogP contribution in [0.1, 0.15) is 56.8 Å². The predicted molar refractivity (Wildman–Crippen MR) is 108 cm³/mol. The molecule has 0 amide bonds. The summed E-state index contributed by atoms with van der Waals surface area (Å²) in [6, 6.07) is 7.87. The average Bonchev–Trinajstić information content (AvgIpc) is 3.30. The highest BCUT2D eigenvalue weighted by Crippen LogP contribution is 2.22. The number of nitrogens with zero attached hydrogens (tertiary/aromatic N) is 3. The third-order valence-corrected chi connectivity index (χ3v) is 4.78. The Balaban J connectivity index is 1.50. The first kappa shape index (κ1) is 19.6. The Morgan fingerprint density at radius 1 is 1.15 bits per heavy atom. The van der Waals surface area contributed by atoms with E-state index in [-0.39, 0.29) is 11.2 Å². The van der Waals surface area contributed by atoms with E-state index in [9.17, 15) is 4.79 Å². The number of carbonyl (C=O) groups excluding carboxylic acids is 1. The van der Waals surface area contributed by atoms with Crippen molar-refractivity contribution in [3.63, 3.8) is 0 Å². The number of ketones is 1. The van der Waals surface area contributed by atoms with Crippen molar-refractivity contribution in [2.45, 2.75) is 46.5 Å². The van der Waals surface area contributed by atoms with Gasteiger partial charge in [0, 0.05) is 19.2 Å². The molecule has 1 aliphatic rings. The molecule has 0 aliphatic carbocycles. The first-order valence-electron chi connectivity index (χ1n) is 9.94. The van der Waals surface area contributed by atoms with Gasteiger partial charge < -0.3 is 9.64 Å². The quantitative estimate of drug-likeness (QED) is 0.512. The Bertz CT molecular complexity index is 738. The lowest BCUT2D eigenvalue weighted by Gasteiger charge is -2.15. The minimum Gasteiger partial charge on any atom is -0.494 e. The lowest BCUT2D eigenvalue weighted by Crippen LogP contribution is -2.21. The predicted octanol–water partition coefficient (Wildman–Crippen LogP) is 4.36. The molecule has 5 nitrogen and oxygen atoms in total. The van der Waals surface area contributed by atoms with Crippen LogP contribution in [0.4, 0.5) is 0 Å². The molecular formula is C22H31N3O2. The Morgan fingerprint density at radius 2 is 1.85 bits per heavy atom. The number of benzene rings is 1. The van der Waals surface area contributed by atoms with E-state index in [4.69, 9.17) is 4.74 Å². The lowest BCUT2D eigenvalue weighted by atomic mass is 9.88. The van der Waals surface area contributed by atoms with Crippen molar-refractivity contribution in [1.82, 2.24) is 14.7 Å². The normalized spacial score (nSPS) is 15.2. The fraction of sp³-hybridized carbons (Fsp3) is 0.545. The molecule has 0 unspecified atom stereocenters. The number of rotatable bonds is 8. The SMILES string of the molecule is CC(C)(C)CC(=O)c1cnn(-c2ccc(OCCCN3CCCC3)cc2)c1. The largest absolute Gasteiger partial charge is 0.494 e. The minimum absolute atomic E-state index is 0.0209. The number of hydrogen-bond acceptors (Lipinski definition) is 4. The third kappa shape index (κ3) is 5.93. The molecular weight excluding hydrogens is 338 g/mol. The molecule has 2 aromatic rings. The molecule has 2 heterocycles. The molecule has 0 spiro atoms. The van der Waals surface area contributed by atoms with Crippen LogP contribution >= 0.6 is 0 Å². The molecule has 0 N–H and O–H groups in total. The van der Waals surface area contributed by atoms with Crippen molar-refractivity contribution in [2.75, 3.05) is 26.2 Å². The summed E-state index contributed by atoms with van der Waals surface area (Å²) in [6.07, 6.45) is 7.69. The fourth-order valence-corrected chi connectivity index (χ4v) is 3.37. The topological polar surface area (TPSA) is 47.4 Å². The van der Waals surface area contributed by atoms with Crippen LogP contribution in [-0.4, -0.2) is 46.7 Å². The fourth-order valence-electron chi connectivity index (χ4n) is 3.37. The molecule has 1 aromatic heterocycles. The first-order valence-corrected chi connectivity index (χ1v) is 9.94. The Morgan fingerprint density at radius 3 is 2.52 bits per heavy atom. The van der Waals surface area contributed by atoms with E-state index in [1.807, 2.05) is 24.3 Å². The summed E-state index contributed by atoms with van der Waals surface area (Å²) >= 11 is 0. The number of ether oxygens (including phenoxy) is 1. The Kier molecular flexibility index (Phi) is 6.32. The van der Waals surface area contributed by atoms with Gasteiger partial charge in [-0.05, 0) is 62.0 Å². The highest BCUT2D eigenvalue weighted by molar-refractivity contribution is 5.96. The Hall–Kier alpha value is -2.14. The number of likely N-dealkylation sites (tertiary alicyclic amines) is 1. The molecule has 1 saturated heterocycles. The van der Waals surface area contributed by atoms with Gasteiger partial charge in [0.05, 0.1) is 24.1 Å². The molecule has 1 fully saturated rings. The zero-order valence-electron chi connectivity index (χ0n) is 16.8. The van der Waals surface area contributed by atoms with Crippen LogP contribution in [0.15, 0.2) is 36.7 Å². The maximum atomic E-state index is 12.3. The summed E-state index contributed by atoms with van der Waals surface area (Å²) in [7, 11) is 0. The van der Waals surface area contributed by atoms with Gasteiger partial charge in [-0.3, -0.25) is 4.79 Å². The summed E-state index contributed by atoms with van der Waals surface area (Å²) in [6.45, 7) is 10.5. The van der Waals surface area contributed by atoms with Gasteiger partial charge in [0.15, 0.2) is 5.78 Å². The highest BCUT2D eigenvalue weighted by atomic mass is 16.5. The smallest absolute Gasteiger partial charge is 0.166 e. The van der Waals surface area contributed by atoms with Gasteiger partial charge in [-0.2, -0.15) is 5.10 Å². The van der Waals surface area contributed by atoms with Crippen molar-refractivity contribution >= 4 is 5.78 Å². The van der Waals surface area contributed by atoms with Crippen LogP contribution < -0.4 is 4.74 Å². The second kappa shape index (κ2) is 8.70. The maximum absolute atomic E-state index is 12.3. The second-order valence-electron chi connectivity index (χ2n) is 8.58. The van der Waals surface area contributed by atoms with Crippen molar-refractivity contribution in [3.8, 4) is 11.4 Å². The van der Waals surface area contributed by atoms with Gasteiger partial charge in [-0.25, -0.2) is 4.68 Å². The first-order chi connectivity index (χ1) is 12.9. The molecule has 3 rings (SSSR count). The maximum Gasteiger partial charge on any atom is 0.166 e. The summed E-state index contributed by atoms with van der Waals surface area (Å²) in [4.78, 5) is 14.8. The molecule has 0 atom stereocenters. The summed E-state index contributed by atoms with van der Waals surface area (Å²) in [5, 5.41) is 4.34. The van der Waals surface area contributed by atoms with Crippen LogP contribution in [-0.2, 0) is 0 Å². The molecule has 146 valence electrons. The zero-order valence-corrected chi connectivity index (χ0v) is 16.8. The van der Waals surface area contributed by atoms with Gasteiger partial charge in [0.2, 0.25) is 0 Å². The van der Waals surface area contributed by atoms with Gasteiger partial charge in [-0.1, -0.05) is 20.8 Å². The minimum atomic E-state index is -0.0209. The van der Waals surface area contributed by atoms with Crippen molar-refractivity contribution in [2.24, 2.45) is 5.41 Å². The number of Topliss-reactive ketones (excluding diaryl/α,β-unsaturated/α-hetero) is 1. The van der Waals surface area contributed by atoms with E-state index < -0.39 is 0 Å². The monoisotopic (exact) mass is 369 g/mol. The van der Waals surface area contributed by atoms with Crippen LogP contribution in [0.25, 0.3) is 5.69 Å². The van der Waals surface area contributed by atoms with Crippen molar-refractivity contribution in [3.05, 3.63) is 42.2 Å². The van der Waals surface area contributed by atoms with Gasteiger partial charge >= 0.3 is 0 Å². The van der Waals surface area contributed by atoms with Crippen molar-refractivity contribution < 1.29 is 9.53 Å². The van der Waals surface area contributed by atoms with E-state index >= 15 is 0 Å². The van der Waals surface area contributed by atoms with Gasteiger partial charge in [0.1, 0.15) is 5.75 Å². The molecule has 5 heteroatoms. The molecule has 0 saturated carbocycles. The van der Waals surface area contributed by atoms with E-state index in [1.54, 1.807) is 17.1 Å². The number of hydrogen-bond donors (Lipinski definition) is 0. The van der Waals surface area contributed by atoms with Crippen LogP contribution in [0.5, 0.6) is 5.75 Å². The third-order valence-electron chi connectivity index (χ3n) is 4.78.